The quantitative estimate of drug-likeness (QED) is 0.545. The molecule has 0 unspecified atom stereocenters. The number of hydrogen-bond donors (Lipinski definition) is 0. The molecule has 1 aliphatic carbocycles. The molecular weight excluding hydrogens is 229 g/mol. The minimum atomic E-state index is -0.297. The molecule has 66 valence electrons. The van der Waals surface area contributed by atoms with E-state index in [1.54, 1.807) is 0 Å². The van der Waals surface area contributed by atoms with Gasteiger partial charge in [-0.15, -0.1) is 0 Å². The van der Waals surface area contributed by atoms with Crippen molar-refractivity contribution in [1.29, 1.82) is 0 Å². The second-order valence-corrected chi connectivity index (χ2v) is 2.93. The van der Waals surface area contributed by atoms with Gasteiger partial charge in [0.2, 0.25) is 0 Å². The number of methoxy groups -OCH3 is 1. The Morgan fingerprint density at radius 3 is 2.75 bits per heavy atom. The van der Waals surface area contributed by atoms with Crippen molar-refractivity contribution < 1.29 is 42.2 Å². The van der Waals surface area contributed by atoms with Crippen molar-refractivity contribution in [2.45, 2.75) is 26.2 Å². The van der Waals surface area contributed by atoms with E-state index in [0.717, 1.165) is 19.3 Å². The molecule has 0 aromatic carbocycles. The van der Waals surface area contributed by atoms with Crippen LogP contribution in [0.4, 0.5) is 0 Å². The topological polar surface area (TPSA) is 26.3 Å². The fourth-order valence-electron chi connectivity index (χ4n) is 1.54. The Morgan fingerprint density at radius 1 is 1.75 bits per heavy atom. The van der Waals surface area contributed by atoms with Crippen LogP contribution in [0.5, 0.6) is 0 Å². The summed E-state index contributed by atoms with van der Waals surface area (Å²) in [4.78, 5) is 11.3. The second kappa shape index (κ2) is 5.34. The molecule has 2 radical (unpaired) electrons. The molecule has 0 aromatic heterocycles. The van der Waals surface area contributed by atoms with Crippen molar-refractivity contribution in [3.8, 4) is 0 Å². The Balaban J connectivity index is 0.00000121. The van der Waals surface area contributed by atoms with Crippen LogP contribution in [-0.2, 0) is 42.2 Å². The first-order valence-corrected chi connectivity index (χ1v) is 3.99. The molecule has 1 atom stereocenters. The smallest absolute Gasteiger partial charge is 0.309 e. The van der Waals surface area contributed by atoms with Gasteiger partial charge in [0, 0.05) is 38.1 Å². The Hall–Kier alpha value is 0.574. The average molecular weight is 243 g/mol. The summed E-state index contributed by atoms with van der Waals surface area (Å²) >= 11 is 0. The summed E-state index contributed by atoms with van der Waals surface area (Å²) in [7, 11) is 1.45. The van der Waals surface area contributed by atoms with Gasteiger partial charge in [0.15, 0.2) is 0 Å². The Bertz CT molecular complexity index is 151. The van der Waals surface area contributed by atoms with Crippen molar-refractivity contribution >= 4 is 5.97 Å². The van der Waals surface area contributed by atoms with Crippen LogP contribution in [0.25, 0.3) is 0 Å². The van der Waals surface area contributed by atoms with Crippen LogP contribution < -0.4 is 0 Å². The normalized spacial score (nSPS) is 27.8. The minimum Gasteiger partial charge on any atom is -0.469 e. The second-order valence-electron chi connectivity index (χ2n) is 2.93. The monoisotopic (exact) mass is 243 g/mol. The molecule has 0 saturated heterocycles. The van der Waals surface area contributed by atoms with Gasteiger partial charge in [-0.25, -0.2) is 0 Å². The van der Waals surface area contributed by atoms with Crippen molar-refractivity contribution in [3.05, 3.63) is 12.8 Å². The molecule has 1 fully saturated rings. The SMILES string of the molecule is CC[C@]1(C(=O)OC)[CH]C[CH-]C1.[Y]. The molecule has 0 spiro atoms. The van der Waals surface area contributed by atoms with E-state index in [1.165, 1.54) is 7.11 Å². The van der Waals surface area contributed by atoms with Gasteiger partial charge in [-0.05, 0) is 6.42 Å². The van der Waals surface area contributed by atoms with Gasteiger partial charge in [0.05, 0.1) is 7.11 Å². The van der Waals surface area contributed by atoms with E-state index in [2.05, 4.69) is 12.8 Å². The van der Waals surface area contributed by atoms with Crippen molar-refractivity contribution in [2.24, 2.45) is 5.41 Å². The molecule has 3 heteroatoms. The predicted octanol–water partition coefficient (Wildman–Crippen LogP) is 1.76. The van der Waals surface area contributed by atoms with E-state index in [4.69, 9.17) is 4.74 Å². The van der Waals surface area contributed by atoms with Gasteiger partial charge < -0.3 is 11.2 Å². The Labute approximate surface area is 99.3 Å². The van der Waals surface area contributed by atoms with E-state index in [-0.39, 0.29) is 44.1 Å². The van der Waals surface area contributed by atoms with Crippen LogP contribution in [0, 0.1) is 18.3 Å². The van der Waals surface area contributed by atoms with Gasteiger partial charge in [0.25, 0.3) is 0 Å². The molecule has 1 rings (SSSR count). The molecule has 0 N–H and O–H groups in total. The predicted molar refractivity (Wildman–Crippen MR) is 42.6 cm³/mol. The van der Waals surface area contributed by atoms with Crippen LogP contribution >= 0.6 is 0 Å². The van der Waals surface area contributed by atoms with Crippen LogP contribution in [0.2, 0.25) is 0 Å². The third-order valence-electron chi connectivity index (χ3n) is 2.41. The number of rotatable bonds is 2. The van der Waals surface area contributed by atoms with E-state index >= 15 is 0 Å². The number of hydrogen-bond acceptors (Lipinski definition) is 2. The first-order chi connectivity index (χ1) is 5.25. The van der Waals surface area contributed by atoms with Crippen LogP contribution in [0.15, 0.2) is 0 Å². The van der Waals surface area contributed by atoms with Gasteiger partial charge in [0.1, 0.15) is 0 Å². The van der Waals surface area contributed by atoms with E-state index < -0.39 is 0 Å². The molecule has 0 aliphatic heterocycles. The van der Waals surface area contributed by atoms with E-state index in [9.17, 15) is 4.79 Å². The molecule has 0 amide bonds. The summed E-state index contributed by atoms with van der Waals surface area (Å²) in [6.07, 6.45) is 6.80. The maximum absolute atomic E-state index is 11.3. The van der Waals surface area contributed by atoms with Crippen molar-refractivity contribution in [3.63, 3.8) is 0 Å². The maximum atomic E-state index is 11.3. The summed E-state index contributed by atoms with van der Waals surface area (Å²) in [5, 5.41) is 0. The fraction of sp³-hybridized carbons (Fsp3) is 0.667. The molecule has 12 heavy (non-hydrogen) atoms. The molecule has 0 bridgehead atoms. The fourth-order valence-corrected chi connectivity index (χ4v) is 1.54. The zero-order valence-electron chi connectivity index (χ0n) is 7.67. The number of carbonyl (C=O) groups excluding carboxylic acids is 1. The van der Waals surface area contributed by atoms with Crippen molar-refractivity contribution in [2.75, 3.05) is 7.11 Å². The maximum Gasteiger partial charge on any atom is 0.309 e. The third kappa shape index (κ3) is 2.29. The zero-order chi connectivity index (χ0) is 8.32. The average Bonchev–Trinajstić information content (AvgIpc) is 2.52. The van der Waals surface area contributed by atoms with Crippen molar-refractivity contribution in [1.82, 2.24) is 0 Å². The summed E-state index contributed by atoms with van der Waals surface area (Å²) in [6.45, 7) is 2.02. The minimum absolute atomic E-state index is 0. The number of ether oxygens (including phenoxy) is 1. The largest absolute Gasteiger partial charge is 0.469 e. The number of esters is 1. The van der Waals surface area contributed by atoms with Gasteiger partial charge in [-0.3, -0.25) is 4.79 Å². The Kier molecular flexibility index (Phi) is 5.59. The molecule has 0 heterocycles. The molecular formula is C9H14O2Y-. The first-order valence-electron chi connectivity index (χ1n) is 3.99. The van der Waals surface area contributed by atoms with Gasteiger partial charge >= 0.3 is 5.97 Å². The molecule has 1 saturated carbocycles. The third-order valence-corrected chi connectivity index (χ3v) is 2.41. The van der Waals surface area contributed by atoms with Crippen LogP contribution in [-0.4, -0.2) is 13.1 Å². The van der Waals surface area contributed by atoms with Crippen LogP contribution in [0.3, 0.4) is 0 Å². The van der Waals surface area contributed by atoms with E-state index in [1.807, 2.05) is 6.92 Å². The molecule has 1 aliphatic rings. The molecule has 0 aromatic rings. The standard InChI is InChI=1S/C9H14O2.Y/c1-3-9(8(10)11-2)6-4-5-7-9;/h4,7H,3,5-6H2,1-2H3;/q-1;/t9-;/m1./s1. The summed E-state index contributed by atoms with van der Waals surface area (Å²) in [6, 6.07) is 0. The first kappa shape index (κ1) is 12.6. The zero-order valence-corrected chi connectivity index (χ0v) is 10.5. The summed E-state index contributed by atoms with van der Waals surface area (Å²) < 4.78 is 4.74. The number of carbonyl (C=O) groups is 1. The Morgan fingerprint density at radius 2 is 2.42 bits per heavy atom. The van der Waals surface area contributed by atoms with E-state index in [0.29, 0.717) is 0 Å². The van der Waals surface area contributed by atoms with Crippen LogP contribution in [0.1, 0.15) is 26.2 Å². The summed E-state index contributed by atoms with van der Waals surface area (Å²) in [5.41, 5.74) is -0.297. The summed E-state index contributed by atoms with van der Waals surface area (Å²) in [5.74, 6) is -0.0891. The van der Waals surface area contributed by atoms with Gasteiger partial charge in [-0.2, -0.15) is 12.8 Å². The molecule has 2 nitrogen and oxygen atoms in total. The van der Waals surface area contributed by atoms with Gasteiger partial charge in [-0.1, -0.05) is 13.3 Å².